The molecule has 3 heterocycles. The Morgan fingerprint density at radius 1 is 0.939 bits per heavy atom. The van der Waals surface area contributed by atoms with Crippen molar-refractivity contribution in [3.05, 3.63) is 83.7 Å². The van der Waals surface area contributed by atoms with Crippen LogP contribution in [0.15, 0.2) is 78.2 Å². The summed E-state index contributed by atoms with van der Waals surface area (Å²) in [7, 11) is 0. The van der Waals surface area contributed by atoms with Crippen molar-refractivity contribution in [2.24, 2.45) is 0 Å². The lowest BCUT2D eigenvalue weighted by Crippen LogP contribution is -2.47. The van der Waals surface area contributed by atoms with Gasteiger partial charge in [0.1, 0.15) is 0 Å². The molecule has 1 aliphatic heterocycles. The Bertz CT molecular complexity index is 1270. The molecular formula is C26H24N4O2S. The minimum Gasteiger partial charge on any atom is -0.349 e. The van der Waals surface area contributed by atoms with Gasteiger partial charge in [0.05, 0.1) is 21.7 Å². The van der Waals surface area contributed by atoms with Crippen molar-refractivity contribution in [2.75, 3.05) is 18.4 Å². The van der Waals surface area contributed by atoms with Crippen molar-refractivity contribution >= 4 is 39.9 Å². The molecule has 1 saturated heterocycles. The third kappa shape index (κ3) is 4.73. The highest BCUT2D eigenvalue weighted by Crippen LogP contribution is 2.28. The van der Waals surface area contributed by atoms with Crippen LogP contribution < -0.4 is 10.6 Å². The van der Waals surface area contributed by atoms with Crippen molar-refractivity contribution < 1.29 is 9.59 Å². The third-order valence-corrected chi connectivity index (χ3v) is 6.77. The van der Waals surface area contributed by atoms with Gasteiger partial charge in [-0.1, -0.05) is 42.5 Å². The van der Waals surface area contributed by atoms with Crippen LogP contribution >= 0.6 is 11.3 Å². The number of rotatable bonds is 4. The summed E-state index contributed by atoms with van der Waals surface area (Å²) in [6, 6.07) is 23.0. The predicted molar refractivity (Wildman–Crippen MR) is 133 cm³/mol. The molecule has 1 aliphatic rings. The van der Waals surface area contributed by atoms with Crippen molar-refractivity contribution in [3.63, 3.8) is 0 Å². The van der Waals surface area contributed by atoms with Crippen LogP contribution in [0.3, 0.4) is 0 Å². The number of aromatic nitrogens is 1. The first-order valence-electron chi connectivity index (χ1n) is 11.0. The number of anilines is 1. The Morgan fingerprint density at radius 3 is 2.45 bits per heavy atom. The number of thiophene rings is 1. The molecule has 0 spiro atoms. The normalized spacial score (nSPS) is 14.2. The van der Waals surface area contributed by atoms with E-state index in [-0.39, 0.29) is 18.0 Å². The number of carbonyl (C=O) groups is 2. The number of nitrogens with one attached hydrogen (secondary N) is 2. The number of hydrogen-bond donors (Lipinski definition) is 2. The summed E-state index contributed by atoms with van der Waals surface area (Å²) in [6.45, 7) is 1.20. The van der Waals surface area contributed by atoms with Crippen molar-refractivity contribution in [1.29, 1.82) is 0 Å². The van der Waals surface area contributed by atoms with E-state index >= 15 is 0 Å². The molecule has 0 aliphatic carbocycles. The summed E-state index contributed by atoms with van der Waals surface area (Å²) >= 11 is 1.61. The van der Waals surface area contributed by atoms with Crippen LogP contribution in [0, 0.1) is 0 Å². The molecule has 5 rings (SSSR count). The van der Waals surface area contributed by atoms with E-state index in [1.165, 1.54) is 0 Å². The van der Waals surface area contributed by atoms with Gasteiger partial charge in [-0.05, 0) is 48.6 Å². The maximum atomic E-state index is 13.3. The molecule has 2 N–H and O–H groups in total. The largest absolute Gasteiger partial charge is 0.349 e. The summed E-state index contributed by atoms with van der Waals surface area (Å²) in [4.78, 5) is 33.4. The highest BCUT2D eigenvalue weighted by molar-refractivity contribution is 7.13. The van der Waals surface area contributed by atoms with Crippen LogP contribution in [0.5, 0.6) is 0 Å². The summed E-state index contributed by atoms with van der Waals surface area (Å²) in [6.07, 6.45) is 1.43. The second-order valence-electron chi connectivity index (χ2n) is 8.08. The zero-order chi connectivity index (χ0) is 22.6. The highest BCUT2D eigenvalue weighted by Gasteiger charge is 2.25. The lowest BCUT2D eigenvalue weighted by atomic mass is 10.0. The van der Waals surface area contributed by atoms with Gasteiger partial charge in [-0.2, -0.15) is 0 Å². The average molecular weight is 457 g/mol. The Balaban J connectivity index is 1.26. The highest BCUT2D eigenvalue weighted by atomic mass is 32.1. The SMILES string of the molecule is O=C(NC1CCN(C(=O)Nc2ccccc2)CC1)c1cc(-c2cccs2)nc2ccccc12. The molecular weight excluding hydrogens is 432 g/mol. The fraction of sp³-hybridized carbons (Fsp3) is 0.192. The Labute approximate surface area is 196 Å². The topological polar surface area (TPSA) is 74.3 Å². The molecule has 0 bridgehead atoms. The maximum absolute atomic E-state index is 13.3. The van der Waals surface area contributed by atoms with E-state index in [0.717, 1.165) is 40.0 Å². The van der Waals surface area contributed by atoms with Crippen LogP contribution in [0.4, 0.5) is 10.5 Å². The molecule has 166 valence electrons. The van der Waals surface area contributed by atoms with Crippen LogP contribution in [-0.4, -0.2) is 41.0 Å². The fourth-order valence-electron chi connectivity index (χ4n) is 4.13. The number of hydrogen-bond acceptors (Lipinski definition) is 4. The molecule has 7 heteroatoms. The van der Waals surface area contributed by atoms with Gasteiger partial charge in [-0.15, -0.1) is 11.3 Å². The number of amides is 3. The summed E-state index contributed by atoms with van der Waals surface area (Å²) in [5.41, 5.74) is 3.03. The molecule has 33 heavy (non-hydrogen) atoms. The molecule has 0 radical (unpaired) electrons. The van der Waals surface area contributed by atoms with Gasteiger partial charge in [-0.25, -0.2) is 9.78 Å². The third-order valence-electron chi connectivity index (χ3n) is 5.88. The Morgan fingerprint density at radius 2 is 1.70 bits per heavy atom. The standard InChI is InChI=1S/C26H24N4O2S/c31-25(21-17-23(24-11-6-16-33-24)29-22-10-5-4-9-20(21)22)27-19-12-14-30(15-13-19)26(32)28-18-7-2-1-3-8-18/h1-11,16-17,19H,12-15H2,(H,27,31)(H,28,32). The molecule has 2 aromatic heterocycles. The number of piperidine rings is 1. The first-order valence-corrected chi connectivity index (χ1v) is 11.9. The first kappa shape index (κ1) is 21.2. The smallest absolute Gasteiger partial charge is 0.321 e. The Kier molecular flexibility index (Phi) is 6.04. The maximum Gasteiger partial charge on any atom is 0.321 e. The van der Waals surface area contributed by atoms with E-state index in [1.807, 2.05) is 78.2 Å². The molecule has 3 amide bonds. The van der Waals surface area contributed by atoms with E-state index in [4.69, 9.17) is 4.98 Å². The predicted octanol–water partition coefficient (Wildman–Crippen LogP) is 5.39. The number of pyridine rings is 1. The van der Waals surface area contributed by atoms with Crippen LogP contribution in [0.25, 0.3) is 21.5 Å². The monoisotopic (exact) mass is 456 g/mol. The number of carbonyl (C=O) groups excluding carboxylic acids is 2. The number of likely N-dealkylation sites (tertiary alicyclic amines) is 1. The van der Waals surface area contributed by atoms with Gasteiger partial charge >= 0.3 is 6.03 Å². The summed E-state index contributed by atoms with van der Waals surface area (Å²) in [5.74, 6) is -0.0985. The molecule has 0 atom stereocenters. The van der Waals surface area contributed by atoms with Gasteiger partial charge in [-0.3, -0.25) is 4.79 Å². The second kappa shape index (κ2) is 9.42. The summed E-state index contributed by atoms with van der Waals surface area (Å²) < 4.78 is 0. The molecule has 0 unspecified atom stereocenters. The molecule has 1 fully saturated rings. The second-order valence-corrected chi connectivity index (χ2v) is 9.03. The number of nitrogens with zero attached hydrogens (tertiary/aromatic N) is 2. The van der Waals surface area contributed by atoms with Crippen LogP contribution in [0.1, 0.15) is 23.2 Å². The van der Waals surface area contributed by atoms with Gasteiger partial charge in [0, 0.05) is 30.2 Å². The lowest BCUT2D eigenvalue weighted by Gasteiger charge is -2.32. The fourth-order valence-corrected chi connectivity index (χ4v) is 4.81. The van der Waals surface area contributed by atoms with Gasteiger partial charge < -0.3 is 15.5 Å². The molecule has 0 saturated carbocycles. The lowest BCUT2D eigenvalue weighted by molar-refractivity contribution is 0.0921. The van der Waals surface area contributed by atoms with E-state index in [1.54, 1.807) is 16.2 Å². The quantitative estimate of drug-likeness (QED) is 0.432. The van der Waals surface area contributed by atoms with Crippen molar-refractivity contribution in [3.8, 4) is 10.6 Å². The van der Waals surface area contributed by atoms with E-state index < -0.39 is 0 Å². The van der Waals surface area contributed by atoms with E-state index in [2.05, 4.69) is 10.6 Å². The van der Waals surface area contributed by atoms with Crippen molar-refractivity contribution in [1.82, 2.24) is 15.2 Å². The van der Waals surface area contributed by atoms with Gasteiger partial charge in [0.25, 0.3) is 5.91 Å². The minimum absolute atomic E-state index is 0.0235. The summed E-state index contributed by atoms with van der Waals surface area (Å²) in [5, 5.41) is 8.96. The molecule has 4 aromatic rings. The number of fused-ring (bicyclic) bond motifs is 1. The van der Waals surface area contributed by atoms with Crippen LogP contribution in [0.2, 0.25) is 0 Å². The molecule has 2 aromatic carbocycles. The zero-order valence-corrected chi connectivity index (χ0v) is 18.8. The number of para-hydroxylation sites is 2. The van der Waals surface area contributed by atoms with Gasteiger partial charge in [0.2, 0.25) is 0 Å². The van der Waals surface area contributed by atoms with E-state index in [0.29, 0.717) is 18.7 Å². The van der Waals surface area contributed by atoms with Crippen molar-refractivity contribution in [2.45, 2.75) is 18.9 Å². The first-order chi connectivity index (χ1) is 16.2. The minimum atomic E-state index is -0.105. The van der Waals surface area contributed by atoms with Crippen LogP contribution in [-0.2, 0) is 0 Å². The molecule has 6 nitrogen and oxygen atoms in total. The Hall–Kier alpha value is -3.71. The average Bonchev–Trinajstić information content (AvgIpc) is 3.39. The van der Waals surface area contributed by atoms with E-state index in [9.17, 15) is 9.59 Å². The number of urea groups is 1. The zero-order valence-electron chi connectivity index (χ0n) is 18.0. The van der Waals surface area contributed by atoms with Gasteiger partial charge in [0.15, 0.2) is 0 Å². The number of benzene rings is 2.